The topological polar surface area (TPSA) is 112 Å². The molecule has 1 fully saturated rings. The third-order valence-corrected chi connectivity index (χ3v) is 4.74. The molecule has 0 radical (unpaired) electrons. The van der Waals surface area contributed by atoms with Crippen molar-refractivity contribution in [1.29, 1.82) is 0 Å². The fraction of sp³-hybridized carbons (Fsp3) is 0.500. The van der Waals surface area contributed by atoms with Crippen molar-refractivity contribution >= 4 is 11.7 Å². The number of hydrogen-bond donors (Lipinski definition) is 0. The lowest BCUT2D eigenvalue weighted by atomic mass is 9.97. The van der Waals surface area contributed by atoms with Crippen LogP contribution in [-0.4, -0.2) is 45.7 Å². The molecule has 0 N–H and O–H groups in total. The van der Waals surface area contributed by atoms with Crippen molar-refractivity contribution in [3.63, 3.8) is 0 Å². The summed E-state index contributed by atoms with van der Waals surface area (Å²) in [5, 5.41) is 18.9. The van der Waals surface area contributed by atoms with Crippen LogP contribution < -0.4 is 0 Å². The van der Waals surface area contributed by atoms with Crippen LogP contribution in [0.4, 0.5) is 5.69 Å². The van der Waals surface area contributed by atoms with Crippen LogP contribution in [0.2, 0.25) is 0 Å². The molecule has 2 aromatic rings. The number of nitro groups is 1. The van der Waals surface area contributed by atoms with Gasteiger partial charge in [0.15, 0.2) is 0 Å². The lowest BCUT2D eigenvalue weighted by molar-refractivity contribution is -0.384. The molecule has 2 heterocycles. The molecule has 3 rings (SSSR count). The van der Waals surface area contributed by atoms with E-state index in [1.807, 2.05) is 6.92 Å². The molecule has 0 spiro atoms. The predicted molar refractivity (Wildman–Crippen MR) is 95.7 cm³/mol. The molecular formula is C18H22N4O5. The van der Waals surface area contributed by atoms with Crippen molar-refractivity contribution in [3.8, 4) is 11.5 Å². The van der Waals surface area contributed by atoms with Crippen LogP contribution in [0, 0.1) is 16.0 Å². The molecule has 0 unspecified atom stereocenters. The minimum atomic E-state index is -0.457. The van der Waals surface area contributed by atoms with Gasteiger partial charge in [-0.05, 0) is 45.4 Å². The van der Waals surface area contributed by atoms with Crippen molar-refractivity contribution in [3.05, 3.63) is 40.3 Å². The highest BCUT2D eigenvalue weighted by molar-refractivity contribution is 5.72. The van der Waals surface area contributed by atoms with Gasteiger partial charge in [0, 0.05) is 24.2 Å². The number of carbonyl (C=O) groups is 1. The summed E-state index contributed by atoms with van der Waals surface area (Å²) in [5.41, 5.74) is 0.625. The summed E-state index contributed by atoms with van der Waals surface area (Å²) in [6, 6.07) is 5.82. The highest BCUT2D eigenvalue weighted by atomic mass is 16.6. The van der Waals surface area contributed by atoms with Gasteiger partial charge in [-0.2, -0.15) is 0 Å². The molecule has 27 heavy (non-hydrogen) atoms. The Morgan fingerprint density at radius 3 is 2.81 bits per heavy atom. The molecule has 1 aliphatic heterocycles. The van der Waals surface area contributed by atoms with Crippen LogP contribution in [0.15, 0.2) is 28.7 Å². The molecule has 0 amide bonds. The zero-order valence-electron chi connectivity index (χ0n) is 15.3. The third kappa shape index (κ3) is 4.30. The van der Waals surface area contributed by atoms with Crippen molar-refractivity contribution in [2.45, 2.75) is 32.7 Å². The molecule has 144 valence electrons. The van der Waals surface area contributed by atoms with Crippen LogP contribution in [0.25, 0.3) is 11.5 Å². The second kappa shape index (κ2) is 8.26. The summed E-state index contributed by atoms with van der Waals surface area (Å²) in [5.74, 6) is 0.461. The standard InChI is InChI=1S/C18H22N4O5/c1-3-26-18(23)14-5-4-10-21(11-14)12(2)16-19-20-17(27-16)13-6-8-15(9-7-13)22(24)25/h6-9,12,14H,3-5,10-11H2,1-2H3/t12-,14+/m0/s1. The Bertz CT molecular complexity index is 804. The Morgan fingerprint density at radius 2 is 2.15 bits per heavy atom. The summed E-state index contributed by atoms with van der Waals surface area (Å²) in [6.45, 7) is 5.58. The zero-order chi connectivity index (χ0) is 19.4. The molecular weight excluding hydrogens is 352 g/mol. The first kappa shape index (κ1) is 19.0. The van der Waals surface area contributed by atoms with E-state index in [4.69, 9.17) is 9.15 Å². The van der Waals surface area contributed by atoms with E-state index in [0.29, 0.717) is 30.5 Å². The number of esters is 1. The van der Waals surface area contributed by atoms with Gasteiger partial charge in [0.2, 0.25) is 11.8 Å². The number of carbonyl (C=O) groups excluding carboxylic acids is 1. The van der Waals surface area contributed by atoms with Crippen LogP contribution in [0.5, 0.6) is 0 Å². The first-order chi connectivity index (χ1) is 13.0. The number of nitrogens with zero attached hydrogens (tertiary/aromatic N) is 4. The first-order valence-electron chi connectivity index (χ1n) is 8.98. The number of ether oxygens (including phenoxy) is 1. The Balaban J connectivity index is 1.70. The van der Waals surface area contributed by atoms with Gasteiger partial charge >= 0.3 is 5.97 Å². The van der Waals surface area contributed by atoms with Gasteiger partial charge in [-0.3, -0.25) is 19.8 Å². The molecule has 0 aliphatic carbocycles. The number of piperidine rings is 1. The Kier molecular flexibility index (Phi) is 5.80. The van der Waals surface area contributed by atoms with Gasteiger partial charge in [0.1, 0.15) is 0 Å². The maximum Gasteiger partial charge on any atom is 0.310 e. The normalized spacial score (nSPS) is 18.8. The summed E-state index contributed by atoms with van der Waals surface area (Å²) >= 11 is 0. The second-order valence-electron chi connectivity index (χ2n) is 6.51. The van der Waals surface area contributed by atoms with Gasteiger partial charge in [-0.15, -0.1) is 10.2 Å². The first-order valence-corrected chi connectivity index (χ1v) is 8.98. The quantitative estimate of drug-likeness (QED) is 0.431. The summed E-state index contributed by atoms with van der Waals surface area (Å²) < 4.78 is 10.9. The molecule has 2 atom stereocenters. The molecule has 1 aliphatic rings. The van der Waals surface area contributed by atoms with E-state index in [0.717, 1.165) is 19.4 Å². The molecule has 1 aromatic heterocycles. The Morgan fingerprint density at radius 1 is 1.41 bits per heavy atom. The van der Waals surface area contributed by atoms with E-state index in [-0.39, 0.29) is 23.6 Å². The van der Waals surface area contributed by atoms with E-state index >= 15 is 0 Å². The van der Waals surface area contributed by atoms with E-state index in [2.05, 4.69) is 15.1 Å². The third-order valence-electron chi connectivity index (χ3n) is 4.74. The Hall–Kier alpha value is -2.81. The smallest absolute Gasteiger partial charge is 0.310 e. The van der Waals surface area contributed by atoms with Crippen LogP contribution in [0.1, 0.15) is 38.6 Å². The molecule has 1 saturated heterocycles. The number of aromatic nitrogens is 2. The highest BCUT2D eigenvalue weighted by Gasteiger charge is 2.31. The van der Waals surface area contributed by atoms with E-state index in [9.17, 15) is 14.9 Å². The van der Waals surface area contributed by atoms with Gasteiger partial charge < -0.3 is 9.15 Å². The van der Waals surface area contributed by atoms with Crippen LogP contribution in [0.3, 0.4) is 0 Å². The minimum absolute atomic E-state index is 0.00480. The average Bonchev–Trinajstić information content (AvgIpc) is 3.18. The number of non-ortho nitro benzene ring substituents is 1. The Labute approximate surface area is 156 Å². The molecule has 9 nitrogen and oxygen atoms in total. The fourth-order valence-corrected chi connectivity index (χ4v) is 3.21. The maximum absolute atomic E-state index is 12.0. The van der Waals surface area contributed by atoms with E-state index in [1.54, 1.807) is 19.1 Å². The van der Waals surface area contributed by atoms with Crippen LogP contribution >= 0.6 is 0 Å². The fourth-order valence-electron chi connectivity index (χ4n) is 3.21. The highest BCUT2D eigenvalue weighted by Crippen LogP contribution is 2.29. The van der Waals surface area contributed by atoms with Gasteiger partial charge in [0.25, 0.3) is 5.69 Å². The molecule has 0 saturated carbocycles. The molecule has 0 bridgehead atoms. The number of nitro benzene ring substituents is 1. The summed E-state index contributed by atoms with van der Waals surface area (Å²) in [4.78, 5) is 24.4. The number of likely N-dealkylation sites (tertiary alicyclic amines) is 1. The number of rotatable bonds is 6. The lowest BCUT2D eigenvalue weighted by Gasteiger charge is -2.34. The SMILES string of the molecule is CCOC(=O)[C@@H]1CCCN([C@@H](C)c2nnc(-c3ccc([N+](=O)[O-])cc3)o2)C1. The van der Waals surface area contributed by atoms with E-state index < -0.39 is 4.92 Å². The van der Waals surface area contributed by atoms with Crippen molar-refractivity contribution in [2.24, 2.45) is 5.92 Å². The van der Waals surface area contributed by atoms with Crippen LogP contribution in [-0.2, 0) is 9.53 Å². The van der Waals surface area contributed by atoms with Gasteiger partial charge in [0.05, 0.1) is 23.5 Å². The van der Waals surface area contributed by atoms with E-state index in [1.165, 1.54) is 12.1 Å². The van der Waals surface area contributed by atoms with Gasteiger partial charge in [-0.1, -0.05) is 0 Å². The summed E-state index contributed by atoms with van der Waals surface area (Å²) in [7, 11) is 0. The van der Waals surface area contributed by atoms with Gasteiger partial charge in [-0.25, -0.2) is 0 Å². The minimum Gasteiger partial charge on any atom is -0.466 e. The van der Waals surface area contributed by atoms with Crippen molar-refractivity contribution in [1.82, 2.24) is 15.1 Å². The largest absolute Gasteiger partial charge is 0.466 e. The second-order valence-corrected chi connectivity index (χ2v) is 6.51. The average molecular weight is 374 g/mol. The molecule has 9 heteroatoms. The maximum atomic E-state index is 12.0. The number of hydrogen-bond acceptors (Lipinski definition) is 8. The molecule has 1 aromatic carbocycles. The monoisotopic (exact) mass is 374 g/mol. The van der Waals surface area contributed by atoms with Crippen molar-refractivity contribution in [2.75, 3.05) is 19.7 Å². The van der Waals surface area contributed by atoms with Crippen molar-refractivity contribution < 1.29 is 18.9 Å². The predicted octanol–water partition coefficient (Wildman–Crippen LogP) is 2.98. The summed E-state index contributed by atoms with van der Waals surface area (Å²) in [6.07, 6.45) is 1.72. The lowest BCUT2D eigenvalue weighted by Crippen LogP contribution is -2.40. The number of benzene rings is 1. The zero-order valence-corrected chi connectivity index (χ0v) is 15.3.